The predicted molar refractivity (Wildman–Crippen MR) is 67.2 cm³/mol. The van der Waals surface area contributed by atoms with Crippen molar-refractivity contribution in [2.45, 2.75) is 39.7 Å². The number of piperidine rings is 1. The first-order valence-corrected chi connectivity index (χ1v) is 6.32. The number of carbonyl (C=O) groups is 2. The van der Waals surface area contributed by atoms with Crippen LogP contribution in [0.25, 0.3) is 0 Å². The van der Waals surface area contributed by atoms with Crippen LogP contribution in [-0.4, -0.2) is 48.2 Å². The number of esters is 1. The summed E-state index contributed by atoms with van der Waals surface area (Å²) < 4.78 is 4.73. The molecule has 0 amide bonds. The molecule has 1 saturated heterocycles. The molecule has 1 fully saturated rings. The van der Waals surface area contributed by atoms with Gasteiger partial charge in [-0.15, -0.1) is 0 Å². The summed E-state index contributed by atoms with van der Waals surface area (Å²) in [4.78, 5) is 24.8. The van der Waals surface area contributed by atoms with Crippen LogP contribution in [0.2, 0.25) is 0 Å². The normalized spacial score (nSPS) is 20.4. The number of carbonyl (C=O) groups excluding carboxylic acids is 1. The molecule has 5 nitrogen and oxygen atoms in total. The number of hydrogen-bond donors (Lipinski definition) is 1. The van der Waals surface area contributed by atoms with Gasteiger partial charge < -0.3 is 9.84 Å². The largest absolute Gasteiger partial charge is 0.480 e. The molecule has 0 spiro atoms. The molecule has 104 valence electrons. The maximum absolute atomic E-state index is 11.4. The molecule has 1 heterocycles. The number of carboxylic acids is 1. The molecule has 18 heavy (non-hydrogen) atoms. The Morgan fingerprint density at radius 2 is 1.78 bits per heavy atom. The van der Waals surface area contributed by atoms with Crippen molar-refractivity contribution in [2.75, 3.05) is 20.2 Å². The van der Waals surface area contributed by atoms with Gasteiger partial charge in [-0.1, -0.05) is 20.8 Å². The highest BCUT2D eigenvalue weighted by molar-refractivity contribution is 5.75. The fourth-order valence-electron chi connectivity index (χ4n) is 2.63. The predicted octanol–water partition coefficient (Wildman–Crippen LogP) is 1.37. The average Bonchev–Trinajstić information content (AvgIpc) is 2.26. The highest BCUT2D eigenvalue weighted by Crippen LogP contribution is 2.29. The third kappa shape index (κ3) is 3.45. The van der Waals surface area contributed by atoms with Crippen LogP contribution in [0.15, 0.2) is 0 Å². The van der Waals surface area contributed by atoms with Crippen LogP contribution in [0.4, 0.5) is 0 Å². The molecule has 5 heteroatoms. The van der Waals surface area contributed by atoms with E-state index in [9.17, 15) is 14.7 Å². The number of likely N-dealkylation sites (tertiary alicyclic amines) is 1. The van der Waals surface area contributed by atoms with Gasteiger partial charge in [0.2, 0.25) is 0 Å². The van der Waals surface area contributed by atoms with Gasteiger partial charge in [0, 0.05) is 0 Å². The van der Waals surface area contributed by atoms with Gasteiger partial charge >= 0.3 is 11.9 Å². The Hall–Kier alpha value is -1.10. The van der Waals surface area contributed by atoms with E-state index in [1.165, 1.54) is 7.11 Å². The molecule has 1 aliphatic rings. The van der Waals surface area contributed by atoms with E-state index in [1.54, 1.807) is 0 Å². The summed E-state index contributed by atoms with van der Waals surface area (Å²) in [6.07, 6.45) is 1.35. The zero-order valence-corrected chi connectivity index (χ0v) is 11.6. The lowest BCUT2D eigenvalue weighted by Gasteiger charge is -2.40. The number of hydrogen-bond acceptors (Lipinski definition) is 4. The van der Waals surface area contributed by atoms with E-state index in [-0.39, 0.29) is 17.3 Å². The lowest BCUT2D eigenvalue weighted by atomic mass is 9.83. The number of carboxylic acid groups (broad SMARTS) is 1. The summed E-state index contributed by atoms with van der Waals surface area (Å²) in [6.45, 7) is 7.05. The Morgan fingerprint density at radius 1 is 1.28 bits per heavy atom. The maximum Gasteiger partial charge on any atom is 0.321 e. The third-order valence-electron chi connectivity index (χ3n) is 3.48. The maximum atomic E-state index is 11.4. The monoisotopic (exact) mass is 257 g/mol. The first-order chi connectivity index (χ1) is 8.27. The molecule has 1 rings (SSSR count). The second-order valence-electron chi connectivity index (χ2n) is 5.94. The zero-order valence-electron chi connectivity index (χ0n) is 11.6. The van der Waals surface area contributed by atoms with Crippen LogP contribution in [0.5, 0.6) is 0 Å². The first-order valence-electron chi connectivity index (χ1n) is 6.32. The number of ether oxygens (including phenoxy) is 1. The number of methoxy groups -OCH3 is 1. The molecule has 0 saturated carbocycles. The molecule has 0 bridgehead atoms. The van der Waals surface area contributed by atoms with Crippen molar-refractivity contribution in [3.63, 3.8) is 0 Å². The molecule has 0 aliphatic carbocycles. The second kappa shape index (κ2) is 5.69. The fraction of sp³-hybridized carbons (Fsp3) is 0.846. The number of aliphatic carboxylic acids is 1. The van der Waals surface area contributed by atoms with Crippen molar-refractivity contribution in [3.8, 4) is 0 Å². The molecule has 1 atom stereocenters. The van der Waals surface area contributed by atoms with Crippen molar-refractivity contribution < 1.29 is 19.4 Å². The van der Waals surface area contributed by atoms with E-state index in [1.807, 2.05) is 25.7 Å². The number of nitrogens with zero attached hydrogens (tertiary/aromatic N) is 1. The molecule has 1 aliphatic heterocycles. The average molecular weight is 257 g/mol. The first kappa shape index (κ1) is 15.0. The summed E-state index contributed by atoms with van der Waals surface area (Å²) in [5.41, 5.74) is -0.316. The van der Waals surface area contributed by atoms with Crippen LogP contribution in [0.3, 0.4) is 0 Å². The van der Waals surface area contributed by atoms with Crippen LogP contribution in [0.1, 0.15) is 33.6 Å². The van der Waals surface area contributed by atoms with Crippen molar-refractivity contribution in [2.24, 2.45) is 11.3 Å². The van der Waals surface area contributed by atoms with E-state index >= 15 is 0 Å². The molecular formula is C13H23NO4. The van der Waals surface area contributed by atoms with Gasteiger partial charge in [0.05, 0.1) is 13.0 Å². The van der Waals surface area contributed by atoms with Crippen molar-refractivity contribution in [1.82, 2.24) is 4.90 Å². The summed E-state index contributed by atoms with van der Waals surface area (Å²) in [7, 11) is 1.39. The van der Waals surface area contributed by atoms with Gasteiger partial charge in [0.25, 0.3) is 0 Å². The SMILES string of the molecule is COC(=O)C1CCN(C(C(=O)O)C(C)(C)C)CC1. The highest BCUT2D eigenvalue weighted by Gasteiger charge is 2.39. The van der Waals surface area contributed by atoms with Crippen LogP contribution in [0, 0.1) is 11.3 Å². The number of rotatable bonds is 3. The Kier molecular flexibility index (Phi) is 4.73. The second-order valence-corrected chi connectivity index (χ2v) is 5.94. The van der Waals surface area contributed by atoms with Gasteiger partial charge in [-0.3, -0.25) is 14.5 Å². The Labute approximate surface area is 108 Å². The van der Waals surface area contributed by atoms with Gasteiger partial charge in [0.15, 0.2) is 0 Å². The van der Waals surface area contributed by atoms with Crippen LogP contribution >= 0.6 is 0 Å². The molecule has 1 unspecified atom stereocenters. The minimum absolute atomic E-state index is 0.0827. The third-order valence-corrected chi connectivity index (χ3v) is 3.48. The summed E-state index contributed by atoms with van der Waals surface area (Å²) >= 11 is 0. The van der Waals surface area contributed by atoms with Gasteiger partial charge in [0.1, 0.15) is 6.04 Å². The Balaban J connectivity index is 2.66. The molecule has 1 N–H and O–H groups in total. The fourth-order valence-corrected chi connectivity index (χ4v) is 2.63. The molecule has 0 aromatic carbocycles. The zero-order chi connectivity index (χ0) is 13.9. The molecule has 0 aromatic rings. The van der Waals surface area contributed by atoms with Gasteiger partial charge in [-0.05, 0) is 31.3 Å². The summed E-state index contributed by atoms with van der Waals surface area (Å²) in [5.74, 6) is -1.06. The van der Waals surface area contributed by atoms with Gasteiger partial charge in [-0.25, -0.2) is 0 Å². The van der Waals surface area contributed by atoms with Gasteiger partial charge in [-0.2, -0.15) is 0 Å². The topological polar surface area (TPSA) is 66.8 Å². The van der Waals surface area contributed by atoms with E-state index < -0.39 is 12.0 Å². The minimum Gasteiger partial charge on any atom is -0.480 e. The quantitative estimate of drug-likeness (QED) is 0.773. The van der Waals surface area contributed by atoms with E-state index in [2.05, 4.69) is 0 Å². The Bertz CT molecular complexity index is 313. The summed E-state index contributed by atoms with van der Waals surface area (Å²) in [5, 5.41) is 9.35. The lowest BCUT2D eigenvalue weighted by molar-refractivity contribution is -0.151. The van der Waals surface area contributed by atoms with Crippen LogP contribution < -0.4 is 0 Å². The lowest BCUT2D eigenvalue weighted by Crippen LogP contribution is -2.52. The van der Waals surface area contributed by atoms with E-state index in [0.717, 1.165) is 0 Å². The molecule has 0 radical (unpaired) electrons. The van der Waals surface area contributed by atoms with Crippen molar-refractivity contribution >= 4 is 11.9 Å². The molecular weight excluding hydrogens is 234 g/mol. The minimum atomic E-state index is -0.793. The highest BCUT2D eigenvalue weighted by atomic mass is 16.5. The van der Waals surface area contributed by atoms with Crippen molar-refractivity contribution in [3.05, 3.63) is 0 Å². The Morgan fingerprint density at radius 3 is 2.11 bits per heavy atom. The van der Waals surface area contributed by atoms with Crippen LogP contribution in [-0.2, 0) is 14.3 Å². The van der Waals surface area contributed by atoms with Crippen molar-refractivity contribution in [1.29, 1.82) is 0 Å². The standard InChI is InChI=1S/C13H23NO4/c1-13(2,3)10(11(15)16)14-7-5-9(6-8-14)12(17)18-4/h9-10H,5-8H2,1-4H3,(H,15,16). The van der Waals surface area contributed by atoms with E-state index in [4.69, 9.17) is 4.74 Å². The molecule has 0 aromatic heterocycles. The summed E-state index contributed by atoms with van der Waals surface area (Å²) in [6, 6.07) is -0.504. The smallest absolute Gasteiger partial charge is 0.321 e. The van der Waals surface area contributed by atoms with E-state index in [0.29, 0.717) is 25.9 Å².